The summed E-state index contributed by atoms with van der Waals surface area (Å²) in [5, 5.41) is 4.44. The fourth-order valence-corrected chi connectivity index (χ4v) is 10.4. The Kier molecular flexibility index (Phi) is 25.3. The number of nitrogens with zero attached hydrogens (tertiary/aromatic N) is 15. The molecule has 5 aromatic rings. The Morgan fingerprint density at radius 1 is 0.488 bits per heavy atom. The molecular weight excluding hydrogens is 1170 g/mol. The van der Waals surface area contributed by atoms with Gasteiger partial charge in [-0.2, -0.15) is 9.97 Å². The number of hydrogen-bond acceptors (Lipinski definition) is 26. The van der Waals surface area contributed by atoms with E-state index in [0.717, 1.165) is 133 Å². The van der Waals surface area contributed by atoms with Crippen LogP contribution < -0.4 is 46.7 Å². The third kappa shape index (κ3) is 19.5. The average Bonchev–Trinajstić information content (AvgIpc) is 2.21. The van der Waals surface area contributed by atoms with Gasteiger partial charge in [-0.25, -0.2) is 39.9 Å². The van der Waals surface area contributed by atoms with Gasteiger partial charge in [0.05, 0.1) is 56.5 Å². The molecule has 12 heterocycles. The fraction of sp³-hybridized carbons (Fsp3) is 0.643. The van der Waals surface area contributed by atoms with Crippen molar-refractivity contribution in [2.24, 2.45) is 0 Å². The van der Waals surface area contributed by atoms with E-state index >= 15 is 0 Å². The van der Waals surface area contributed by atoms with Crippen molar-refractivity contribution >= 4 is 88.8 Å². The number of rotatable bonds is 10. The second-order valence-corrected chi connectivity index (χ2v) is 23.4. The first-order chi connectivity index (χ1) is 41.4. The number of nitrogen functional groups attached to an aromatic ring is 2. The lowest BCUT2D eigenvalue weighted by atomic mass is 9.81. The van der Waals surface area contributed by atoms with Gasteiger partial charge < -0.3 is 79.0 Å². The molecule has 7 aliphatic rings. The highest BCUT2D eigenvalue weighted by Crippen LogP contribution is 2.36. The molecule has 0 atom stereocenters. The Bertz CT molecular complexity index is 2800. The van der Waals surface area contributed by atoms with Crippen LogP contribution in [0, 0.1) is 0 Å². The van der Waals surface area contributed by atoms with Gasteiger partial charge in [0.2, 0.25) is 29.7 Å². The summed E-state index contributed by atoms with van der Waals surface area (Å²) >= 11 is 17.7. The normalized spacial score (nSPS) is 20.0. The second-order valence-electron chi connectivity index (χ2n) is 22.2. The number of nitrogens with one attached hydrogen (secondary N) is 1. The third-order valence-electron chi connectivity index (χ3n) is 15.9. The molecule has 0 unspecified atom stereocenters. The van der Waals surface area contributed by atoms with Gasteiger partial charge >= 0.3 is 7.12 Å². The molecule has 7 saturated heterocycles. The van der Waals surface area contributed by atoms with Gasteiger partial charge in [-0.3, -0.25) is 0 Å². The summed E-state index contributed by atoms with van der Waals surface area (Å²) in [6.45, 7) is 22.0. The smallest absolute Gasteiger partial charge is 0.399 e. The van der Waals surface area contributed by atoms with Gasteiger partial charge in [0.15, 0.2) is 0 Å². The summed E-state index contributed by atoms with van der Waals surface area (Å²) in [6.07, 6.45) is 13.0. The van der Waals surface area contributed by atoms with Crippen LogP contribution in [0.4, 0.5) is 41.4 Å². The number of morpholine rings is 3. The summed E-state index contributed by atoms with van der Waals surface area (Å²) < 4.78 is 43.8. The van der Waals surface area contributed by atoms with Crippen LogP contribution in [0.3, 0.4) is 0 Å². The summed E-state index contributed by atoms with van der Waals surface area (Å²) in [5.74, 6) is 4.25. The molecule has 86 heavy (non-hydrogen) atoms. The van der Waals surface area contributed by atoms with E-state index in [1.54, 1.807) is 24.8 Å². The minimum absolute atomic E-state index is 0.250. The molecule has 0 saturated carbocycles. The fourth-order valence-electron chi connectivity index (χ4n) is 9.84. The van der Waals surface area contributed by atoms with E-state index in [2.05, 4.69) is 73.9 Å². The van der Waals surface area contributed by atoms with Gasteiger partial charge in [0, 0.05) is 165 Å². The average molecular weight is 1250 g/mol. The number of nitrogens with two attached hydrogens (primary N) is 2. The van der Waals surface area contributed by atoms with E-state index in [0.29, 0.717) is 91.1 Å². The number of anilines is 7. The highest BCUT2D eigenvalue weighted by Gasteiger charge is 2.52. The lowest BCUT2D eigenvalue weighted by Gasteiger charge is -2.33. The molecule has 5 N–H and O–H groups in total. The molecule has 0 amide bonds. The van der Waals surface area contributed by atoms with Crippen LogP contribution in [0.2, 0.25) is 15.5 Å². The monoisotopic (exact) mass is 1250 g/mol. The lowest BCUT2D eigenvalue weighted by molar-refractivity contribution is 0.00578. The Morgan fingerprint density at radius 2 is 0.837 bits per heavy atom. The lowest BCUT2D eigenvalue weighted by Crippen LogP contribution is -2.41. The first kappa shape index (κ1) is 66.5. The van der Waals surface area contributed by atoms with Crippen LogP contribution in [0.15, 0.2) is 43.0 Å². The maximum atomic E-state index is 6.19. The standard InChI is InChI=1S/C18H25N7O2.C14H21ClN4O2.C10H16BN3O2.C8H9Cl2N3O.C6H13NO/c1-24(14-2-6-26-7-3-14)16-10-15(13-11-20-17(19)21-12-13)22-18(23-16)25-4-8-27-9-5-25;1-18(11-2-6-20-7-3-11)13-10-12(15)16-14(17-13)19-4-8-21-9-5-19;1-9(2)10(3,4)16-11(15-9)7-5-13-8(12)14-6-7;9-6-5-7(10)12-8(11-6)13-1-3-14-4-2-13;1-7-6-2-4-8-5-3-6/h10-12,14H,2-9H2,1H3,(H2,19,20,21);10-11H,2-9H2,1H3;5-6H,1-4H3,(H2,12,13,14);5H,1-4H2;6-7H,2-5H2,1H3. The quantitative estimate of drug-likeness (QED) is 0.124. The van der Waals surface area contributed by atoms with Crippen molar-refractivity contribution in [1.29, 1.82) is 0 Å². The van der Waals surface area contributed by atoms with Crippen LogP contribution in [0.5, 0.6) is 0 Å². The zero-order chi connectivity index (χ0) is 61.1. The first-order valence-electron chi connectivity index (χ1n) is 29.4. The van der Waals surface area contributed by atoms with Crippen molar-refractivity contribution in [2.45, 2.75) is 95.5 Å². The van der Waals surface area contributed by atoms with Gasteiger partial charge in [0.1, 0.15) is 27.1 Å². The van der Waals surface area contributed by atoms with Gasteiger partial charge in [-0.1, -0.05) is 34.8 Å². The SMILES string of the molecule is CC1(C)OB(c2cnc(N)nc2)OC1(C)C.CN(c1cc(-c2cnc(N)nc2)nc(N2CCOCC2)n1)C1CCOCC1.CN(c1cc(Cl)nc(N2CCOCC2)n1)C1CCOCC1.CNC1CCOCC1.Clc1cc(Cl)nc(N2CCOCC2)n1. The first-order valence-corrected chi connectivity index (χ1v) is 30.6. The molecule has 7 aliphatic heterocycles. The molecule has 26 nitrogen and oxygen atoms in total. The van der Waals surface area contributed by atoms with Crippen molar-refractivity contribution < 1.29 is 37.7 Å². The number of aromatic nitrogens is 10. The van der Waals surface area contributed by atoms with Crippen LogP contribution in [0.1, 0.15) is 66.2 Å². The Labute approximate surface area is 520 Å². The number of hydrogen-bond donors (Lipinski definition) is 3. The van der Waals surface area contributed by atoms with Crippen LogP contribution in [-0.2, 0) is 37.7 Å². The van der Waals surface area contributed by atoms with Crippen molar-refractivity contribution in [3.8, 4) is 11.3 Å². The molecule has 0 bridgehead atoms. The molecule has 470 valence electrons. The van der Waals surface area contributed by atoms with Crippen molar-refractivity contribution in [1.82, 2.24) is 55.2 Å². The maximum Gasteiger partial charge on any atom is 0.498 e. The van der Waals surface area contributed by atoms with Crippen LogP contribution >= 0.6 is 34.8 Å². The third-order valence-corrected chi connectivity index (χ3v) is 16.5. The topological polar surface area (TPSA) is 283 Å². The number of ether oxygens (including phenoxy) is 6. The highest BCUT2D eigenvalue weighted by atomic mass is 35.5. The molecule has 0 aromatic carbocycles. The van der Waals surface area contributed by atoms with E-state index in [4.69, 9.17) is 99.0 Å². The van der Waals surface area contributed by atoms with Crippen molar-refractivity contribution in [3.05, 3.63) is 58.4 Å². The van der Waals surface area contributed by atoms with E-state index in [1.165, 1.54) is 18.9 Å². The summed E-state index contributed by atoms with van der Waals surface area (Å²) in [4.78, 5) is 53.6. The minimum atomic E-state index is -0.425. The Balaban J connectivity index is 0.000000146. The molecule has 0 aliphatic carbocycles. The zero-order valence-corrected chi connectivity index (χ0v) is 52.9. The molecule has 7 fully saturated rings. The zero-order valence-electron chi connectivity index (χ0n) is 50.6. The maximum absolute atomic E-state index is 6.19. The van der Waals surface area contributed by atoms with Crippen LogP contribution in [-0.4, -0.2) is 226 Å². The molecule has 30 heteroatoms. The molecular formula is C56H84BCl3N18O8. The largest absolute Gasteiger partial charge is 0.498 e. The minimum Gasteiger partial charge on any atom is -0.399 e. The van der Waals surface area contributed by atoms with E-state index in [9.17, 15) is 0 Å². The highest BCUT2D eigenvalue weighted by molar-refractivity contribution is 6.61. The van der Waals surface area contributed by atoms with Crippen LogP contribution in [0.25, 0.3) is 11.3 Å². The molecule has 5 aromatic heterocycles. The predicted octanol–water partition coefficient (Wildman–Crippen LogP) is 4.91. The summed E-state index contributed by atoms with van der Waals surface area (Å²) in [7, 11) is 5.74. The predicted molar refractivity (Wildman–Crippen MR) is 335 cm³/mol. The van der Waals surface area contributed by atoms with E-state index in [-0.39, 0.29) is 23.1 Å². The second kappa shape index (κ2) is 32.7. The van der Waals surface area contributed by atoms with Gasteiger partial charge in [0.25, 0.3) is 0 Å². The van der Waals surface area contributed by atoms with Gasteiger partial charge in [-0.15, -0.1) is 0 Å². The Hall–Kier alpha value is -5.43. The summed E-state index contributed by atoms with van der Waals surface area (Å²) in [5.41, 5.74) is 12.8. The van der Waals surface area contributed by atoms with Crippen molar-refractivity contribution in [3.63, 3.8) is 0 Å². The van der Waals surface area contributed by atoms with E-state index in [1.807, 2.05) is 51.8 Å². The number of halogens is 3. The Morgan fingerprint density at radius 3 is 1.24 bits per heavy atom. The molecule has 12 rings (SSSR count). The van der Waals surface area contributed by atoms with Gasteiger partial charge in [-0.05, 0) is 73.3 Å². The van der Waals surface area contributed by atoms with E-state index < -0.39 is 7.12 Å². The molecule has 0 spiro atoms. The summed E-state index contributed by atoms with van der Waals surface area (Å²) in [6, 6.07) is 6.91. The van der Waals surface area contributed by atoms with Crippen molar-refractivity contribution in [2.75, 3.05) is 176 Å². The molecule has 0 radical (unpaired) electrons.